The van der Waals surface area contributed by atoms with Gasteiger partial charge in [0.2, 0.25) is 0 Å². The Morgan fingerprint density at radius 2 is 2.23 bits per heavy atom. The van der Waals surface area contributed by atoms with E-state index in [-0.39, 0.29) is 12.2 Å². The molecule has 0 saturated carbocycles. The number of halogens is 3. The smallest absolute Gasteiger partial charge is 0.408 e. The number of carboxylic acids is 1. The summed E-state index contributed by atoms with van der Waals surface area (Å²) in [5.74, 6) is -0.574. The lowest BCUT2D eigenvalue weighted by molar-refractivity contribution is -0.137. The molecule has 22 heavy (non-hydrogen) atoms. The van der Waals surface area contributed by atoms with Crippen molar-refractivity contribution in [3.8, 4) is 0 Å². The summed E-state index contributed by atoms with van der Waals surface area (Å²) in [6.45, 7) is -1.38. The molecule has 0 saturated heterocycles. The SMILES string of the molecule is NC(=NCC(F)(F)F)Nc1ccnc(SCCCC(=O)O)n1. The number of alkyl halides is 3. The Kier molecular flexibility index (Phi) is 6.89. The van der Waals surface area contributed by atoms with Gasteiger partial charge < -0.3 is 16.2 Å². The number of carboxylic acid groups (broad SMARTS) is 1. The third-order valence-corrected chi connectivity index (χ3v) is 3.03. The third-order valence-electron chi connectivity index (χ3n) is 2.08. The van der Waals surface area contributed by atoms with Gasteiger partial charge in [0, 0.05) is 18.4 Å². The van der Waals surface area contributed by atoms with Crippen molar-refractivity contribution in [2.75, 3.05) is 17.6 Å². The average Bonchev–Trinajstić information content (AvgIpc) is 2.41. The van der Waals surface area contributed by atoms with Crippen LogP contribution in [-0.4, -0.2) is 45.5 Å². The lowest BCUT2D eigenvalue weighted by Gasteiger charge is -2.07. The molecule has 11 heteroatoms. The monoisotopic (exact) mass is 337 g/mol. The molecule has 122 valence electrons. The molecule has 0 aliphatic carbocycles. The van der Waals surface area contributed by atoms with Crippen LogP contribution in [0.2, 0.25) is 0 Å². The molecule has 0 fully saturated rings. The van der Waals surface area contributed by atoms with Gasteiger partial charge in [-0.3, -0.25) is 4.79 Å². The van der Waals surface area contributed by atoms with E-state index in [9.17, 15) is 18.0 Å². The van der Waals surface area contributed by atoms with Gasteiger partial charge in [-0.05, 0) is 12.5 Å². The summed E-state index contributed by atoms with van der Waals surface area (Å²) in [6, 6.07) is 1.43. The summed E-state index contributed by atoms with van der Waals surface area (Å²) < 4.78 is 36.0. The largest absolute Gasteiger partial charge is 0.481 e. The summed E-state index contributed by atoms with van der Waals surface area (Å²) in [4.78, 5) is 21.5. The minimum absolute atomic E-state index is 0.0436. The fourth-order valence-corrected chi connectivity index (χ4v) is 1.98. The number of rotatable bonds is 7. The predicted molar refractivity (Wildman–Crippen MR) is 75.8 cm³/mol. The van der Waals surface area contributed by atoms with Gasteiger partial charge in [-0.25, -0.2) is 15.0 Å². The molecular weight excluding hydrogens is 323 g/mol. The van der Waals surface area contributed by atoms with Crippen molar-refractivity contribution in [3.05, 3.63) is 12.3 Å². The predicted octanol–water partition coefficient (Wildman–Crippen LogP) is 1.72. The Morgan fingerprint density at radius 1 is 1.50 bits per heavy atom. The van der Waals surface area contributed by atoms with Crippen molar-refractivity contribution in [1.82, 2.24) is 9.97 Å². The maximum absolute atomic E-state index is 12.0. The summed E-state index contributed by atoms with van der Waals surface area (Å²) >= 11 is 1.24. The second kappa shape index (κ2) is 8.41. The van der Waals surface area contributed by atoms with E-state index in [1.807, 2.05) is 0 Å². The number of guanidine groups is 1. The highest BCUT2D eigenvalue weighted by molar-refractivity contribution is 7.99. The maximum atomic E-state index is 12.0. The van der Waals surface area contributed by atoms with E-state index < -0.39 is 24.6 Å². The van der Waals surface area contributed by atoms with E-state index in [1.54, 1.807) is 0 Å². The molecule has 7 nitrogen and oxygen atoms in total. The van der Waals surface area contributed by atoms with Crippen LogP contribution in [0.15, 0.2) is 22.4 Å². The first kappa shape index (κ1) is 18.0. The highest BCUT2D eigenvalue weighted by Crippen LogP contribution is 2.16. The number of nitrogens with one attached hydrogen (secondary N) is 1. The molecule has 4 N–H and O–H groups in total. The fourth-order valence-electron chi connectivity index (χ4n) is 1.21. The minimum Gasteiger partial charge on any atom is -0.481 e. The van der Waals surface area contributed by atoms with Gasteiger partial charge in [-0.2, -0.15) is 13.2 Å². The van der Waals surface area contributed by atoms with Crippen LogP contribution in [0.1, 0.15) is 12.8 Å². The van der Waals surface area contributed by atoms with Gasteiger partial charge >= 0.3 is 12.1 Å². The molecule has 1 aromatic heterocycles. The lowest BCUT2D eigenvalue weighted by Crippen LogP contribution is -2.26. The van der Waals surface area contributed by atoms with E-state index in [2.05, 4.69) is 20.3 Å². The summed E-state index contributed by atoms with van der Waals surface area (Å²) in [6.07, 6.45) is -2.52. The van der Waals surface area contributed by atoms with Crippen LogP contribution in [0, 0.1) is 0 Å². The zero-order valence-corrected chi connectivity index (χ0v) is 12.1. The third kappa shape index (κ3) is 8.29. The highest BCUT2D eigenvalue weighted by Gasteiger charge is 2.26. The van der Waals surface area contributed by atoms with Crippen LogP contribution in [0.3, 0.4) is 0 Å². The fraction of sp³-hybridized carbons (Fsp3) is 0.455. The molecule has 1 rings (SSSR count). The summed E-state index contributed by atoms with van der Waals surface area (Å²) in [5, 5.41) is 11.3. The number of aliphatic carboxylic acids is 1. The van der Waals surface area contributed by atoms with Crippen molar-refractivity contribution in [2.45, 2.75) is 24.2 Å². The van der Waals surface area contributed by atoms with Gasteiger partial charge in [0.15, 0.2) is 11.1 Å². The topological polar surface area (TPSA) is 113 Å². The Morgan fingerprint density at radius 3 is 2.86 bits per heavy atom. The first-order valence-electron chi connectivity index (χ1n) is 6.07. The second-order valence-electron chi connectivity index (χ2n) is 4.01. The van der Waals surface area contributed by atoms with E-state index >= 15 is 0 Å². The number of aromatic nitrogens is 2. The first-order chi connectivity index (χ1) is 10.3. The van der Waals surface area contributed by atoms with Crippen molar-refractivity contribution in [3.63, 3.8) is 0 Å². The second-order valence-corrected chi connectivity index (χ2v) is 5.07. The Labute approximate surface area is 128 Å². The number of nitrogens with two attached hydrogens (primary N) is 1. The molecule has 0 atom stereocenters. The van der Waals surface area contributed by atoms with Gasteiger partial charge in [0.1, 0.15) is 12.4 Å². The Bertz CT molecular complexity index is 539. The normalized spacial score (nSPS) is 12.2. The quantitative estimate of drug-likeness (QED) is 0.228. The van der Waals surface area contributed by atoms with Crippen LogP contribution in [0.5, 0.6) is 0 Å². The van der Waals surface area contributed by atoms with Crippen molar-refractivity contribution >= 4 is 29.5 Å². The molecule has 0 aromatic carbocycles. The number of hydrogen-bond acceptors (Lipinski definition) is 5. The van der Waals surface area contributed by atoms with Gasteiger partial charge in [0.25, 0.3) is 0 Å². The van der Waals surface area contributed by atoms with E-state index in [0.29, 0.717) is 17.3 Å². The van der Waals surface area contributed by atoms with Gasteiger partial charge in [-0.1, -0.05) is 11.8 Å². The highest BCUT2D eigenvalue weighted by atomic mass is 32.2. The van der Waals surface area contributed by atoms with E-state index in [1.165, 1.54) is 24.0 Å². The molecule has 0 aliphatic heterocycles. The van der Waals surface area contributed by atoms with Crippen LogP contribution < -0.4 is 11.1 Å². The zero-order chi connectivity index (χ0) is 16.6. The lowest BCUT2D eigenvalue weighted by atomic mass is 10.3. The number of hydrogen-bond donors (Lipinski definition) is 3. The Balaban J connectivity index is 2.51. The summed E-state index contributed by atoms with van der Waals surface area (Å²) in [7, 11) is 0. The zero-order valence-electron chi connectivity index (χ0n) is 11.3. The molecule has 0 unspecified atom stereocenters. The number of nitrogens with zero attached hydrogens (tertiary/aromatic N) is 3. The van der Waals surface area contributed by atoms with Gasteiger partial charge in [-0.15, -0.1) is 0 Å². The van der Waals surface area contributed by atoms with Gasteiger partial charge in [0.05, 0.1) is 0 Å². The first-order valence-corrected chi connectivity index (χ1v) is 7.06. The molecule has 1 aromatic rings. The number of anilines is 1. The van der Waals surface area contributed by atoms with E-state index in [0.717, 1.165) is 0 Å². The standard InChI is InChI=1S/C11H14F3N5O2S/c12-11(13,14)6-17-9(15)18-7-3-4-16-10(19-7)22-5-1-2-8(20)21/h3-4H,1-2,5-6H2,(H,20,21)(H3,15,16,17,18,19). The maximum Gasteiger partial charge on any atom is 0.408 e. The Hall–Kier alpha value is -2.04. The molecular formula is C11H14F3N5O2S. The molecule has 0 radical (unpaired) electrons. The molecule has 1 heterocycles. The number of thioether (sulfide) groups is 1. The van der Waals surface area contributed by atoms with Crippen molar-refractivity contribution in [2.24, 2.45) is 10.7 Å². The summed E-state index contributed by atoms with van der Waals surface area (Å²) in [5.41, 5.74) is 5.32. The number of carbonyl (C=O) groups is 1. The van der Waals surface area contributed by atoms with Crippen LogP contribution in [0.25, 0.3) is 0 Å². The molecule has 0 bridgehead atoms. The van der Waals surface area contributed by atoms with Crippen molar-refractivity contribution in [1.29, 1.82) is 0 Å². The molecule has 0 spiro atoms. The molecule has 0 aliphatic rings. The van der Waals surface area contributed by atoms with Crippen LogP contribution in [-0.2, 0) is 4.79 Å². The number of aliphatic imine (C=N–C) groups is 1. The molecule has 0 amide bonds. The van der Waals surface area contributed by atoms with E-state index in [4.69, 9.17) is 10.8 Å². The minimum atomic E-state index is -4.43. The van der Waals surface area contributed by atoms with Crippen molar-refractivity contribution < 1.29 is 23.1 Å². The average molecular weight is 337 g/mol. The van der Waals surface area contributed by atoms with Crippen LogP contribution in [0.4, 0.5) is 19.0 Å². The van der Waals surface area contributed by atoms with Crippen LogP contribution >= 0.6 is 11.8 Å².